The van der Waals surface area contributed by atoms with E-state index >= 15 is 0 Å². The molecule has 1 aromatic carbocycles. The Morgan fingerprint density at radius 2 is 1.85 bits per heavy atom. The molecule has 4 nitrogen and oxygen atoms in total. The first-order chi connectivity index (χ1) is 12.6. The van der Waals surface area contributed by atoms with Crippen LogP contribution in [0.1, 0.15) is 61.7 Å². The highest BCUT2D eigenvalue weighted by Crippen LogP contribution is 2.31. The van der Waals surface area contributed by atoms with Crippen LogP contribution in [-0.4, -0.2) is 37.4 Å². The van der Waals surface area contributed by atoms with Crippen molar-refractivity contribution in [3.63, 3.8) is 0 Å². The lowest BCUT2D eigenvalue weighted by atomic mass is 9.86. The molecule has 0 spiro atoms. The number of benzene rings is 1. The molecule has 1 aromatic rings. The van der Waals surface area contributed by atoms with Gasteiger partial charge in [0, 0.05) is 28.3 Å². The molecule has 0 radical (unpaired) electrons. The molecule has 2 aliphatic rings. The average molecular weight is 470 g/mol. The number of carbonyl (C=O) groups is 1. The lowest BCUT2D eigenvalue weighted by Crippen LogP contribution is -2.38. The molecule has 0 aromatic heterocycles. The number of nitrogen functional groups attached to an aromatic ring is 1. The summed E-state index contributed by atoms with van der Waals surface area (Å²) in [5.41, 5.74) is 7.28. The molecule has 2 fully saturated rings. The molecule has 2 N–H and O–H groups in total. The Balaban J connectivity index is 1.51. The van der Waals surface area contributed by atoms with Gasteiger partial charge >= 0.3 is 0 Å². The van der Waals surface area contributed by atoms with Crippen molar-refractivity contribution in [1.82, 2.24) is 4.90 Å². The van der Waals surface area contributed by atoms with Gasteiger partial charge in [0.15, 0.2) is 5.78 Å². The van der Waals surface area contributed by atoms with Gasteiger partial charge in [-0.3, -0.25) is 4.79 Å². The Kier molecular flexibility index (Phi) is 7.20. The van der Waals surface area contributed by atoms with E-state index in [4.69, 9.17) is 10.5 Å². The maximum absolute atomic E-state index is 12.8. The molecular weight excluding hydrogens is 439 g/mol. The molecule has 1 saturated carbocycles. The first-order valence-corrected chi connectivity index (χ1v) is 11.0. The molecule has 0 bridgehead atoms. The van der Waals surface area contributed by atoms with Crippen molar-refractivity contribution >= 4 is 34.1 Å². The first kappa shape index (κ1) is 19.9. The van der Waals surface area contributed by atoms with Crippen molar-refractivity contribution in [3.05, 3.63) is 21.3 Å². The molecule has 0 amide bonds. The van der Waals surface area contributed by atoms with Crippen molar-refractivity contribution in [1.29, 1.82) is 0 Å². The smallest absolute Gasteiger partial charge is 0.166 e. The van der Waals surface area contributed by atoms with E-state index in [1.807, 2.05) is 6.07 Å². The zero-order valence-electron chi connectivity index (χ0n) is 15.8. The van der Waals surface area contributed by atoms with Crippen LogP contribution >= 0.6 is 22.6 Å². The predicted octanol–water partition coefficient (Wildman–Crippen LogP) is 4.75. The number of Topliss-reactive ketones (excluding diaryl/α,β-unsaturated/α-hetero) is 1. The van der Waals surface area contributed by atoms with Gasteiger partial charge in [-0.2, -0.15) is 0 Å². The third-order valence-electron chi connectivity index (χ3n) is 6.04. The minimum absolute atomic E-state index is 0.186. The molecule has 5 heteroatoms. The number of likely N-dealkylation sites (tertiary alicyclic amines) is 1. The van der Waals surface area contributed by atoms with Crippen LogP contribution < -0.4 is 10.5 Å². The van der Waals surface area contributed by atoms with Crippen LogP contribution in [0.5, 0.6) is 5.75 Å². The maximum Gasteiger partial charge on any atom is 0.166 e. The largest absolute Gasteiger partial charge is 0.496 e. The summed E-state index contributed by atoms with van der Waals surface area (Å²) in [4.78, 5) is 15.4. The number of anilines is 1. The topological polar surface area (TPSA) is 55.6 Å². The zero-order chi connectivity index (χ0) is 18.5. The predicted molar refractivity (Wildman–Crippen MR) is 115 cm³/mol. The van der Waals surface area contributed by atoms with E-state index in [0.717, 1.165) is 35.4 Å². The van der Waals surface area contributed by atoms with Gasteiger partial charge in [-0.1, -0.05) is 19.3 Å². The van der Waals surface area contributed by atoms with Crippen LogP contribution in [0, 0.1) is 15.4 Å². The molecular formula is C21H31IN2O2. The van der Waals surface area contributed by atoms with Gasteiger partial charge in [0.05, 0.1) is 12.7 Å². The Bertz CT molecular complexity index is 621. The number of carbonyl (C=O) groups excluding carboxylic acids is 1. The Labute approximate surface area is 171 Å². The zero-order valence-corrected chi connectivity index (χ0v) is 18.0. The summed E-state index contributed by atoms with van der Waals surface area (Å²) in [6.45, 7) is 3.56. The highest BCUT2D eigenvalue weighted by molar-refractivity contribution is 14.1. The van der Waals surface area contributed by atoms with E-state index in [1.165, 1.54) is 38.6 Å². The summed E-state index contributed by atoms with van der Waals surface area (Å²) in [5, 5.41) is 0. The van der Waals surface area contributed by atoms with Crippen LogP contribution in [0.2, 0.25) is 0 Å². The van der Waals surface area contributed by atoms with Crippen molar-refractivity contribution in [2.45, 2.75) is 51.4 Å². The molecule has 26 heavy (non-hydrogen) atoms. The van der Waals surface area contributed by atoms with E-state index in [9.17, 15) is 4.79 Å². The lowest BCUT2D eigenvalue weighted by molar-refractivity contribution is 0.0911. The summed E-state index contributed by atoms with van der Waals surface area (Å²) in [6, 6.07) is 3.64. The van der Waals surface area contributed by atoms with Crippen LogP contribution in [0.3, 0.4) is 0 Å². The number of halogens is 1. The van der Waals surface area contributed by atoms with Gasteiger partial charge in [0.1, 0.15) is 5.75 Å². The molecule has 1 saturated heterocycles. The van der Waals surface area contributed by atoms with Crippen molar-refractivity contribution in [3.8, 4) is 5.75 Å². The van der Waals surface area contributed by atoms with E-state index in [0.29, 0.717) is 29.3 Å². The van der Waals surface area contributed by atoms with Crippen LogP contribution in [-0.2, 0) is 0 Å². The standard InChI is InChI=1S/C21H31IN2O2/c1-26-21-13-19(23)18(22)12-17(21)20(25)11-15-7-9-24(10-8-15)14-16-5-3-2-4-6-16/h12-13,15-16H,2-11,14,23H2,1H3. The highest BCUT2D eigenvalue weighted by atomic mass is 127. The number of ether oxygens (including phenoxy) is 1. The third kappa shape index (κ3) is 5.12. The van der Waals surface area contributed by atoms with Crippen molar-refractivity contribution in [2.24, 2.45) is 11.8 Å². The normalized spacial score (nSPS) is 20.2. The second-order valence-electron chi connectivity index (χ2n) is 7.95. The van der Waals surface area contributed by atoms with E-state index in [2.05, 4.69) is 27.5 Å². The Hall–Kier alpha value is -0.820. The number of nitrogens with two attached hydrogens (primary N) is 1. The van der Waals surface area contributed by atoms with Gasteiger partial charge in [-0.25, -0.2) is 0 Å². The van der Waals surface area contributed by atoms with Crippen LogP contribution in [0.4, 0.5) is 5.69 Å². The maximum atomic E-state index is 12.8. The molecule has 0 atom stereocenters. The van der Waals surface area contributed by atoms with Crippen molar-refractivity contribution in [2.75, 3.05) is 32.5 Å². The third-order valence-corrected chi connectivity index (χ3v) is 6.98. The number of piperidine rings is 1. The van der Waals surface area contributed by atoms with E-state index in [-0.39, 0.29) is 5.78 Å². The molecule has 144 valence electrons. The monoisotopic (exact) mass is 470 g/mol. The molecule has 1 aliphatic heterocycles. The molecule has 1 heterocycles. The first-order valence-electron chi connectivity index (χ1n) is 9.95. The summed E-state index contributed by atoms with van der Waals surface area (Å²) in [7, 11) is 1.60. The minimum atomic E-state index is 0.186. The number of nitrogens with zero attached hydrogens (tertiary/aromatic N) is 1. The summed E-state index contributed by atoms with van der Waals surface area (Å²) in [6.07, 6.45) is 9.96. The van der Waals surface area contributed by atoms with Gasteiger partial charge in [0.2, 0.25) is 0 Å². The van der Waals surface area contributed by atoms with Crippen LogP contribution in [0.15, 0.2) is 12.1 Å². The summed E-state index contributed by atoms with van der Waals surface area (Å²) in [5.74, 6) is 2.18. The van der Waals surface area contributed by atoms with Crippen molar-refractivity contribution < 1.29 is 9.53 Å². The van der Waals surface area contributed by atoms with Gasteiger partial charge in [0.25, 0.3) is 0 Å². The second-order valence-corrected chi connectivity index (χ2v) is 9.11. The summed E-state index contributed by atoms with van der Waals surface area (Å²) >= 11 is 2.18. The van der Waals surface area contributed by atoms with Gasteiger partial charge in [-0.05, 0) is 79.3 Å². The van der Waals surface area contributed by atoms with Gasteiger partial charge in [-0.15, -0.1) is 0 Å². The average Bonchev–Trinajstić information content (AvgIpc) is 2.66. The SMILES string of the molecule is COc1cc(N)c(I)cc1C(=O)CC1CCN(CC2CCCCC2)CC1. The fourth-order valence-corrected chi connectivity index (χ4v) is 4.90. The Morgan fingerprint density at radius 1 is 1.15 bits per heavy atom. The number of rotatable bonds is 6. The van der Waals surface area contributed by atoms with Crippen LogP contribution in [0.25, 0.3) is 0 Å². The number of hydrogen-bond donors (Lipinski definition) is 1. The lowest BCUT2D eigenvalue weighted by Gasteiger charge is -2.35. The highest BCUT2D eigenvalue weighted by Gasteiger charge is 2.25. The number of methoxy groups -OCH3 is 1. The quantitative estimate of drug-likeness (QED) is 0.371. The molecule has 3 rings (SSSR count). The van der Waals surface area contributed by atoms with E-state index < -0.39 is 0 Å². The van der Waals surface area contributed by atoms with Gasteiger partial charge < -0.3 is 15.4 Å². The number of ketones is 1. The fraction of sp³-hybridized carbons (Fsp3) is 0.667. The summed E-state index contributed by atoms with van der Waals surface area (Å²) < 4.78 is 6.29. The Morgan fingerprint density at radius 3 is 2.50 bits per heavy atom. The number of hydrogen-bond acceptors (Lipinski definition) is 4. The fourth-order valence-electron chi connectivity index (χ4n) is 4.44. The minimum Gasteiger partial charge on any atom is -0.496 e. The second kappa shape index (κ2) is 9.40. The molecule has 0 unspecified atom stereocenters. The van der Waals surface area contributed by atoms with E-state index in [1.54, 1.807) is 13.2 Å². The molecule has 1 aliphatic carbocycles.